The van der Waals surface area contributed by atoms with E-state index in [2.05, 4.69) is 27.7 Å². The zero-order chi connectivity index (χ0) is 30.0. The van der Waals surface area contributed by atoms with Crippen LogP contribution in [0.15, 0.2) is 91.0 Å². The molecule has 41 heavy (non-hydrogen) atoms. The normalized spacial score (nSPS) is 12.1. The van der Waals surface area contributed by atoms with Crippen molar-refractivity contribution in [2.45, 2.75) is 79.1 Å². The molecule has 0 amide bonds. The summed E-state index contributed by atoms with van der Waals surface area (Å²) in [5.74, 6) is 0. The lowest BCUT2D eigenvalue weighted by Gasteiger charge is -2.39. The van der Waals surface area contributed by atoms with Crippen LogP contribution in [-0.2, 0) is 4.12 Å². The second-order valence-electron chi connectivity index (χ2n) is 11.0. The summed E-state index contributed by atoms with van der Waals surface area (Å²) < 4.78 is 33.9. The minimum Gasteiger partial charge on any atom is -0.788 e. The quantitative estimate of drug-likeness (QED) is 0.0778. The lowest BCUT2D eigenvalue weighted by molar-refractivity contribution is -0.929. The predicted octanol–water partition coefficient (Wildman–Crippen LogP) is 6.41. The summed E-state index contributed by atoms with van der Waals surface area (Å²) in [6, 6.07) is 26.6. The molecule has 0 N–H and O–H groups in total. The summed E-state index contributed by atoms with van der Waals surface area (Å²) in [7, 11) is -9.59. The molecule has 0 aromatic heterocycles. The maximum Gasteiger partial charge on any atom is 0.487 e. The summed E-state index contributed by atoms with van der Waals surface area (Å²) >= 11 is 0. The maximum absolute atomic E-state index is 13.7. The molecular weight excluding hydrogens is 549 g/mol. The highest BCUT2D eigenvalue weighted by atomic mass is 28.5. The molecule has 0 aliphatic rings. The molecule has 0 atom stereocenters. The van der Waals surface area contributed by atoms with Gasteiger partial charge in [-0.1, -0.05) is 144 Å². The highest BCUT2D eigenvalue weighted by Gasteiger charge is 2.46. The second kappa shape index (κ2) is 18.4. The first-order valence-electron chi connectivity index (χ1n) is 15.6. The number of benzene rings is 3. The van der Waals surface area contributed by atoms with Crippen LogP contribution in [0.4, 0.5) is 8.22 Å². The van der Waals surface area contributed by atoms with E-state index >= 15 is 0 Å². The Morgan fingerprint density at radius 1 is 0.537 bits per heavy atom. The summed E-state index contributed by atoms with van der Waals surface area (Å²) in [6.45, 7) is 15.0. The van der Waals surface area contributed by atoms with Crippen molar-refractivity contribution >= 4 is 33.1 Å². The summed E-state index contributed by atoms with van der Waals surface area (Å²) in [6.07, 6.45) is 11.1. The van der Waals surface area contributed by atoms with Crippen LogP contribution in [0, 0.1) is 0 Å². The molecule has 226 valence electrons. The molecule has 0 unspecified atom stereocenters. The van der Waals surface area contributed by atoms with Crippen LogP contribution in [-0.4, -0.2) is 48.2 Å². The zero-order valence-corrected chi connectivity index (χ0v) is 27.7. The first kappa shape index (κ1) is 35.0. The van der Waals surface area contributed by atoms with E-state index in [1.807, 2.05) is 18.2 Å². The van der Waals surface area contributed by atoms with Gasteiger partial charge in [-0.25, -0.2) is 0 Å². The fourth-order valence-electron chi connectivity index (χ4n) is 5.52. The van der Waals surface area contributed by atoms with Crippen molar-refractivity contribution in [3.63, 3.8) is 0 Å². The molecule has 3 nitrogen and oxygen atoms in total. The third-order valence-corrected chi connectivity index (χ3v) is 13.4. The van der Waals surface area contributed by atoms with Crippen molar-refractivity contribution < 1.29 is 21.6 Å². The van der Waals surface area contributed by atoms with E-state index in [1.165, 1.54) is 82.0 Å². The Morgan fingerprint density at radius 2 is 0.805 bits per heavy atom. The molecular formula is C34H51F2NO2Si2. The molecule has 0 aliphatic carbocycles. The van der Waals surface area contributed by atoms with Gasteiger partial charge in [0.2, 0.25) is 0 Å². The van der Waals surface area contributed by atoms with Crippen LogP contribution in [0.3, 0.4) is 0 Å². The molecule has 3 rings (SSSR count). The maximum atomic E-state index is 13.7. The van der Waals surface area contributed by atoms with E-state index in [0.29, 0.717) is 15.6 Å². The summed E-state index contributed by atoms with van der Waals surface area (Å²) in [4.78, 5) is 11.5. The lowest BCUT2D eigenvalue weighted by Crippen LogP contribution is -2.74. The fraction of sp³-hybridized carbons (Fsp3) is 0.471. The van der Waals surface area contributed by atoms with Crippen molar-refractivity contribution in [3.05, 3.63) is 91.0 Å². The lowest BCUT2D eigenvalue weighted by atomic mass is 10.1. The SMILES string of the molecule is CCCC[N+](CCCC)(CCCC)CCCC.[O-][Si](F)(F)O[Si](c1ccccc1)(c1ccccc1)c1ccccc1. The molecule has 0 radical (unpaired) electrons. The first-order chi connectivity index (χ1) is 19.8. The smallest absolute Gasteiger partial charge is 0.487 e. The van der Waals surface area contributed by atoms with E-state index in [4.69, 9.17) is 4.12 Å². The van der Waals surface area contributed by atoms with Crippen LogP contribution in [0.5, 0.6) is 0 Å². The monoisotopic (exact) mass is 599 g/mol. The Balaban J connectivity index is 0.000000307. The molecule has 0 spiro atoms. The molecule has 0 bridgehead atoms. The average Bonchev–Trinajstić information content (AvgIpc) is 3.00. The van der Waals surface area contributed by atoms with Crippen molar-refractivity contribution in [3.8, 4) is 0 Å². The molecule has 3 aromatic rings. The first-order valence-corrected chi connectivity index (χ1v) is 19.0. The number of quaternary nitrogens is 1. The Hall–Kier alpha value is -2.17. The van der Waals surface area contributed by atoms with Gasteiger partial charge in [-0.2, -0.15) is 0 Å². The van der Waals surface area contributed by atoms with Gasteiger partial charge in [0.25, 0.3) is 8.32 Å². The minimum atomic E-state index is -6.03. The van der Waals surface area contributed by atoms with Gasteiger partial charge in [-0.15, -0.1) is 0 Å². The van der Waals surface area contributed by atoms with Gasteiger partial charge >= 0.3 is 9.23 Å². The number of rotatable bonds is 17. The van der Waals surface area contributed by atoms with Gasteiger partial charge in [0.15, 0.2) is 0 Å². The standard InChI is InChI=1S/C18H15F2O2Si2.C16H36N/c19-24(20,21)22-23(16-10-4-1-5-11-16,17-12-6-2-7-13-17)18-14-8-3-9-15-18;1-5-9-13-17(14-10-6-2,15-11-7-3)16-12-8-4/h1-15H;5-16H2,1-4H3/q-1;+1. The van der Waals surface area contributed by atoms with Gasteiger partial charge in [0.1, 0.15) is 0 Å². The van der Waals surface area contributed by atoms with Crippen molar-refractivity contribution in [1.82, 2.24) is 0 Å². The average molecular weight is 600 g/mol. The Kier molecular flexibility index (Phi) is 15.7. The van der Waals surface area contributed by atoms with E-state index < -0.39 is 17.5 Å². The Bertz CT molecular complexity index is 932. The molecule has 3 aromatic carbocycles. The fourth-order valence-corrected chi connectivity index (χ4v) is 11.3. The molecule has 0 saturated heterocycles. The van der Waals surface area contributed by atoms with Crippen molar-refractivity contribution in [1.29, 1.82) is 0 Å². The third-order valence-electron chi connectivity index (χ3n) is 7.76. The summed E-state index contributed by atoms with van der Waals surface area (Å²) in [5.41, 5.74) is 0. The van der Waals surface area contributed by atoms with E-state index in [1.54, 1.807) is 72.8 Å². The number of hydrogen-bond acceptors (Lipinski definition) is 2. The molecule has 0 heterocycles. The highest BCUT2D eigenvalue weighted by Crippen LogP contribution is 2.17. The summed E-state index contributed by atoms with van der Waals surface area (Å²) in [5, 5.41) is 1.89. The highest BCUT2D eigenvalue weighted by molar-refractivity contribution is 7.09. The van der Waals surface area contributed by atoms with Gasteiger partial charge in [0.05, 0.1) is 26.2 Å². The molecule has 7 heteroatoms. The third kappa shape index (κ3) is 11.2. The van der Waals surface area contributed by atoms with Crippen LogP contribution in [0.25, 0.3) is 0 Å². The topological polar surface area (TPSA) is 32.3 Å². The minimum absolute atomic E-state index is 0.630. The largest absolute Gasteiger partial charge is 0.788 e. The van der Waals surface area contributed by atoms with Crippen molar-refractivity contribution in [2.24, 2.45) is 0 Å². The second-order valence-corrected chi connectivity index (χ2v) is 15.8. The van der Waals surface area contributed by atoms with E-state index in [9.17, 15) is 13.0 Å². The van der Waals surface area contributed by atoms with E-state index in [0.717, 1.165) is 0 Å². The molecule has 0 aliphatic heterocycles. The van der Waals surface area contributed by atoms with E-state index in [-0.39, 0.29) is 0 Å². The van der Waals surface area contributed by atoms with Crippen molar-refractivity contribution in [2.75, 3.05) is 26.2 Å². The number of halogens is 2. The Labute approximate surface area is 250 Å². The Morgan fingerprint density at radius 3 is 1.02 bits per heavy atom. The van der Waals surface area contributed by atoms with Crippen LogP contribution in [0.1, 0.15) is 79.1 Å². The van der Waals surface area contributed by atoms with Crippen LogP contribution >= 0.6 is 0 Å². The molecule has 0 fully saturated rings. The van der Waals surface area contributed by atoms with Crippen LogP contribution in [0.2, 0.25) is 0 Å². The predicted molar refractivity (Wildman–Crippen MR) is 172 cm³/mol. The van der Waals surface area contributed by atoms with Crippen LogP contribution < -0.4 is 20.4 Å². The van der Waals surface area contributed by atoms with Gasteiger partial charge in [-0.05, 0) is 41.2 Å². The number of nitrogens with zero attached hydrogens (tertiary/aromatic N) is 1. The van der Waals surface area contributed by atoms with Gasteiger partial charge in [0, 0.05) is 0 Å². The molecule has 0 saturated carbocycles. The van der Waals surface area contributed by atoms with Gasteiger partial charge in [-0.3, -0.25) is 8.22 Å². The number of unbranched alkanes of at least 4 members (excludes halogenated alkanes) is 4. The number of hydrogen-bond donors (Lipinski definition) is 0. The zero-order valence-electron chi connectivity index (χ0n) is 25.7. The van der Waals surface area contributed by atoms with Gasteiger partial charge < -0.3 is 13.4 Å².